The molecule has 0 unspecified atom stereocenters. The minimum atomic E-state index is -0.719. The van der Waals surface area contributed by atoms with E-state index >= 15 is 0 Å². The van der Waals surface area contributed by atoms with Crippen molar-refractivity contribution in [1.82, 2.24) is 16.0 Å². The normalized spacial score (nSPS) is 14.4. The van der Waals surface area contributed by atoms with Crippen molar-refractivity contribution in [2.24, 2.45) is 0 Å². The van der Waals surface area contributed by atoms with Crippen LogP contribution in [-0.2, 0) is 43.6 Å². The second kappa shape index (κ2) is 21.5. The Morgan fingerprint density at radius 2 is 1.45 bits per heavy atom. The summed E-state index contributed by atoms with van der Waals surface area (Å²) in [5.74, 6) is -0.510. The molecular weight excluding hydrogens is 773 g/mol. The van der Waals surface area contributed by atoms with Crippen molar-refractivity contribution in [3.05, 3.63) is 156 Å². The minimum Gasteiger partial charge on any atom is -0.461 e. The fourth-order valence-corrected chi connectivity index (χ4v) is 7.94. The highest BCUT2D eigenvalue weighted by atomic mass is 32.2. The number of ether oxygens (including phenoxy) is 2. The van der Waals surface area contributed by atoms with E-state index in [0.29, 0.717) is 44.0 Å². The van der Waals surface area contributed by atoms with Crippen LogP contribution in [0.15, 0.2) is 138 Å². The molecule has 1 heterocycles. The number of carbonyl (C=O) groups is 4. The van der Waals surface area contributed by atoms with Gasteiger partial charge < -0.3 is 30.3 Å². The fraction of sp³-hybridized carbons (Fsp3) is 0.306. The summed E-state index contributed by atoms with van der Waals surface area (Å²) in [4.78, 5) is 56.0. The van der Waals surface area contributed by atoms with Gasteiger partial charge in [0.25, 0.3) is 11.8 Å². The van der Waals surface area contributed by atoms with Crippen LogP contribution in [0.2, 0.25) is 0 Å². The SMILES string of the molecule is C[C@H](CNC(C)(C)CC(=O)N[C@@H]1CSc2ccccc2N(Cc2ccc(-c3ccccc3C(=O)NCCCC(=O)OCc3ccccc3)cc2)C1=O)OCc1ccccc1. The lowest BCUT2D eigenvalue weighted by atomic mass is 9.98. The molecule has 60 heavy (non-hydrogen) atoms. The molecule has 0 aliphatic carbocycles. The predicted molar refractivity (Wildman–Crippen MR) is 237 cm³/mol. The van der Waals surface area contributed by atoms with E-state index in [-0.39, 0.29) is 49.2 Å². The Labute approximate surface area is 357 Å². The molecule has 0 radical (unpaired) electrons. The molecule has 1 aliphatic heterocycles. The van der Waals surface area contributed by atoms with Gasteiger partial charge in [-0.05, 0) is 73.2 Å². The number of nitrogens with one attached hydrogen (secondary N) is 3. The van der Waals surface area contributed by atoms with Crippen LogP contribution in [-0.4, -0.2) is 60.2 Å². The third-order valence-electron chi connectivity index (χ3n) is 10.2. The molecule has 3 amide bonds. The Morgan fingerprint density at radius 3 is 2.18 bits per heavy atom. The van der Waals surface area contributed by atoms with E-state index in [0.717, 1.165) is 38.4 Å². The lowest BCUT2D eigenvalue weighted by Crippen LogP contribution is -2.52. The highest BCUT2D eigenvalue weighted by Crippen LogP contribution is 2.35. The summed E-state index contributed by atoms with van der Waals surface area (Å²) in [6, 6.07) is 41.9. The van der Waals surface area contributed by atoms with Crippen molar-refractivity contribution in [3.8, 4) is 11.1 Å². The monoisotopic (exact) mass is 826 g/mol. The maximum absolute atomic E-state index is 14.3. The Balaban J connectivity index is 1.03. The van der Waals surface area contributed by atoms with Crippen LogP contribution >= 0.6 is 11.8 Å². The molecule has 11 heteroatoms. The van der Waals surface area contributed by atoms with Gasteiger partial charge >= 0.3 is 5.97 Å². The second-order valence-electron chi connectivity index (χ2n) is 15.6. The Kier molecular flexibility index (Phi) is 15.7. The molecule has 0 fully saturated rings. The van der Waals surface area contributed by atoms with Gasteiger partial charge in [0.05, 0.1) is 24.9 Å². The van der Waals surface area contributed by atoms with Crippen LogP contribution in [0.1, 0.15) is 67.1 Å². The van der Waals surface area contributed by atoms with Gasteiger partial charge in [-0.25, -0.2) is 0 Å². The van der Waals surface area contributed by atoms with Crippen molar-refractivity contribution in [1.29, 1.82) is 0 Å². The summed E-state index contributed by atoms with van der Waals surface area (Å²) in [7, 11) is 0. The first-order chi connectivity index (χ1) is 29.0. The third-order valence-corrected chi connectivity index (χ3v) is 11.3. The Hall–Kier alpha value is -5.75. The number of hydrogen-bond donors (Lipinski definition) is 3. The van der Waals surface area contributed by atoms with Gasteiger partial charge in [-0.3, -0.25) is 19.2 Å². The number of carbonyl (C=O) groups excluding carboxylic acids is 4. The summed E-state index contributed by atoms with van der Waals surface area (Å²) < 4.78 is 11.4. The molecule has 0 saturated carbocycles. The van der Waals surface area contributed by atoms with E-state index in [1.807, 2.05) is 148 Å². The van der Waals surface area contributed by atoms with E-state index in [4.69, 9.17) is 9.47 Å². The number of nitrogens with zero attached hydrogens (tertiary/aromatic N) is 1. The molecule has 0 saturated heterocycles. The van der Waals surface area contributed by atoms with Crippen molar-refractivity contribution >= 4 is 41.1 Å². The number of hydrogen-bond acceptors (Lipinski definition) is 8. The maximum Gasteiger partial charge on any atom is 0.306 e. The largest absolute Gasteiger partial charge is 0.461 e. The van der Waals surface area contributed by atoms with E-state index in [1.54, 1.807) is 22.7 Å². The topological polar surface area (TPSA) is 126 Å². The zero-order valence-corrected chi connectivity index (χ0v) is 35.3. The molecule has 6 rings (SSSR count). The van der Waals surface area contributed by atoms with Gasteiger partial charge in [0, 0.05) is 47.7 Å². The molecule has 1 aliphatic rings. The molecule has 3 N–H and O–H groups in total. The number of anilines is 1. The summed E-state index contributed by atoms with van der Waals surface area (Å²) in [6.45, 7) is 7.90. The van der Waals surface area contributed by atoms with Gasteiger partial charge in [0.1, 0.15) is 12.6 Å². The summed E-state index contributed by atoms with van der Waals surface area (Å²) in [5.41, 5.74) is 5.34. The molecule has 0 aromatic heterocycles. The molecule has 312 valence electrons. The lowest BCUT2D eigenvalue weighted by molar-refractivity contribution is -0.145. The van der Waals surface area contributed by atoms with Crippen LogP contribution in [0.25, 0.3) is 11.1 Å². The van der Waals surface area contributed by atoms with E-state index in [2.05, 4.69) is 16.0 Å². The standard InChI is InChI=1S/C49H54N4O6S/c1-35(58-32-37-15-6-4-7-16-37)30-51-49(2,3)29-45(54)52-42-34-60-44-22-13-12-21-43(44)53(48(42)57)31-36-24-26-39(27-25-36)40-19-10-11-20-41(40)47(56)50-28-14-23-46(55)59-33-38-17-8-5-9-18-38/h4-13,15-22,24-27,35,42,51H,14,23,28-34H2,1-3H3,(H,50,56)(H,52,54)/t35-,42-/m1/s1. The number of rotatable bonds is 19. The molecule has 5 aromatic carbocycles. The summed E-state index contributed by atoms with van der Waals surface area (Å²) in [6.07, 6.45) is 0.782. The van der Waals surface area contributed by atoms with Crippen LogP contribution in [0.5, 0.6) is 0 Å². The van der Waals surface area contributed by atoms with Crippen LogP contribution < -0.4 is 20.9 Å². The molecule has 5 aromatic rings. The maximum atomic E-state index is 14.3. The van der Waals surface area contributed by atoms with Crippen molar-refractivity contribution in [3.63, 3.8) is 0 Å². The van der Waals surface area contributed by atoms with Gasteiger partial charge in [-0.1, -0.05) is 115 Å². The van der Waals surface area contributed by atoms with E-state index in [9.17, 15) is 19.2 Å². The van der Waals surface area contributed by atoms with Crippen molar-refractivity contribution < 1.29 is 28.7 Å². The number of amides is 3. The first-order valence-corrected chi connectivity index (χ1v) is 21.4. The molecule has 0 bridgehead atoms. The quantitative estimate of drug-likeness (QED) is 0.0564. The van der Waals surface area contributed by atoms with Gasteiger partial charge in [0.15, 0.2) is 0 Å². The number of fused-ring (bicyclic) bond motifs is 1. The molecule has 2 atom stereocenters. The third kappa shape index (κ3) is 12.9. The van der Waals surface area contributed by atoms with Gasteiger partial charge in [-0.15, -0.1) is 11.8 Å². The molecular formula is C49H54N4O6S. The van der Waals surface area contributed by atoms with Crippen molar-refractivity contribution in [2.75, 3.05) is 23.7 Å². The van der Waals surface area contributed by atoms with Crippen LogP contribution in [0.4, 0.5) is 5.69 Å². The summed E-state index contributed by atoms with van der Waals surface area (Å²) >= 11 is 1.56. The number of para-hydroxylation sites is 1. The highest BCUT2D eigenvalue weighted by molar-refractivity contribution is 7.99. The first-order valence-electron chi connectivity index (χ1n) is 20.4. The number of thioether (sulfide) groups is 1. The lowest BCUT2D eigenvalue weighted by Gasteiger charge is -2.29. The first kappa shape index (κ1) is 43.8. The highest BCUT2D eigenvalue weighted by Gasteiger charge is 2.33. The minimum absolute atomic E-state index is 0.0613. The Bertz CT molecular complexity index is 2200. The fourth-order valence-electron chi connectivity index (χ4n) is 6.87. The van der Waals surface area contributed by atoms with Crippen LogP contribution in [0.3, 0.4) is 0 Å². The van der Waals surface area contributed by atoms with Gasteiger partial charge in [0.2, 0.25) is 5.91 Å². The number of esters is 1. The predicted octanol–water partition coefficient (Wildman–Crippen LogP) is 8.09. The average molecular weight is 827 g/mol. The van der Waals surface area contributed by atoms with E-state index in [1.165, 1.54) is 0 Å². The average Bonchev–Trinajstić information content (AvgIpc) is 3.39. The van der Waals surface area contributed by atoms with Gasteiger partial charge in [-0.2, -0.15) is 0 Å². The molecule has 10 nitrogen and oxygen atoms in total. The molecule has 0 spiro atoms. The van der Waals surface area contributed by atoms with Crippen molar-refractivity contribution in [2.45, 2.75) is 82.4 Å². The smallest absolute Gasteiger partial charge is 0.306 e. The zero-order valence-electron chi connectivity index (χ0n) is 34.5. The second-order valence-corrected chi connectivity index (χ2v) is 16.7. The number of benzene rings is 5. The summed E-state index contributed by atoms with van der Waals surface area (Å²) in [5, 5.41) is 9.46. The van der Waals surface area contributed by atoms with E-state index < -0.39 is 11.6 Å². The Morgan fingerprint density at radius 1 is 0.800 bits per heavy atom. The van der Waals surface area contributed by atoms with Crippen LogP contribution in [0, 0.1) is 0 Å². The zero-order chi connectivity index (χ0) is 42.3.